The minimum absolute atomic E-state index is 0.0177. The van der Waals surface area contributed by atoms with E-state index in [-0.39, 0.29) is 22.3 Å². The normalized spacial score (nSPS) is 23.6. The second-order valence-electron chi connectivity index (χ2n) is 10.1. The molecule has 8 heteroatoms. The first kappa shape index (κ1) is 25.8. The average Bonchev–Trinajstić information content (AvgIpc) is 3.08. The number of nitrogens with one attached hydrogen (secondary N) is 1. The zero-order chi connectivity index (χ0) is 24.2. The lowest BCUT2D eigenvalue weighted by molar-refractivity contribution is -0.142. The fourth-order valence-corrected chi connectivity index (χ4v) is 8.95. The van der Waals surface area contributed by atoms with Crippen LogP contribution in [0, 0.1) is 0 Å². The number of hydrogen-bond donors (Lipinski definition) is 1. The molecule has 1 unspecified atom stereocenters. The quantitative estimate of drug-likeness (QED) is 0.541. The fraction of sp³-hybridized carbons (Fsp3) is 0.654. The lowest BCUT2D eigenvalue weighted by atomic mass is 9.81. The second kappa shape index (κ2) is 11.2. The van der Waals surface area contributed by atoms with Gasteiger partial charge >= 0.3 is 0 Å². The molecule has 1 aliphatic carbocycles. The third-order valence-corrected chi connectivity index (χ3v) is 10.5. The zero-order valence-electron chi connectivity index (χ0n) is 20.4. The molecule has 34 heavy (non-hydrogen) atoms. The number of rotatable bonds is 5. The maximum atomic E-state index is 13.7. The summed E-state index contributed by atoms with van der Waals surface area (Å²) in [6.45, 7) is 6.65. The number of thioether (sulfide) groups is 2. The summed E-state index contributed by atoms with van der Waals surface area (Å²) in [5.74, 6) is 0.280. The molecule has 0 bridgehead atoms. The van der Waals surface area contributed by atoms with Gasteiger partial charge in [0, 0.05) is 24.4 Å². The van der Waals surface area contributed by atoms with Crippen LogP contribution in [0.15, 0.2) is 30.3 Å². The number of carbonyl (C=O) groups is 2. The molecule has 2 aliphatic heterocycles. The maximum Gasteiger partial charge on any atom is 0.244 e. The highest BCUT2D eigenvalue weighted by molar-refractivity contribution is 8.23. The lowest BCUT2D eigenvalue weighted by Crippen LogP contribution is -2.58. The summed E-state index contributed by atoms with van der Waals surface area (Å²) in [4.78, 5) is 31.1. The number of likely N-dealkylation sites (tertiary alicyclic amines) is 1. The van der Waals surface area contributed by atoms with Crippen molar-refractivity contribution < 1.29 is 9.59 Å². The fourth-order valence-electron chi connectivity index (χ4n) is 5.72. The minimum Gasteiger partial charge on any atom is -0.358 e. The van der Waals surface area contributed by atoms with Gasteiger partial charge in [0.15, 0.2) is 0 Å². The molecule has 0 radical (unpaired) electrons. The van der Waals surface area contributed by atoms with E-state index in [9.17, 15) is 9.59 Å². The first-order chi connectivity index (χ1) is 16.3. The molecular weight excluding hydrogens is 483 g/mol. The first-order valence-corrected chi connectivity index (χ1v) is 14.8. The van der Waals surface area contributed by atoms with Gasteiger partial charge in [0.05, 0.1) is 10.6 Å². The lowest BCUT2D eigenvalue weighted by Gasteiger charge is -2.39. The van der Waals surface area contributed by atoms with Crippen LogP contribution in [0.1, 0.15) is 70.8 Å². The van der Waals surface area contributed by atoms with E-state index in [0.717, 1.165) is 61.5 Å². The third-order valence-electron chi connectivity index (χ3n) is 7.25. The Kier molecular flexibility index (Phi) is 8.52. The number of hydrogen-bond acceptors (Lipinski definition) is 5. The molecule has 186 valence electrons. The molecule has 4 rings (SSSR count). The molecule has 2 amide bonds. The van der Waals surface area contributed by atoms with E-state index in [1.165, 1.54) is 24.6 Å². The highest BCUT2D eigenvalue weighted by Gasteiger charge is 2.60. The molecule has 5 nitrogen and oxygen atoms in total. The smallest absolute Gasteiger partial charge is 0.244 e. The summed E-state index contributed by atoms with van der Waals surface area (Å²) >= 11 is 8.96. The molecule has 1 N–H and O–H groups in total. The van der Waals surface area contributed by atoms with Crippen LogP contribution in [0.3, 0.4) is 0 Å². The summed E-state index contributed by atoms with van der Waals surface area (Å²) in [6.07, 6.45) is 8.97. The van der Waals surface area contributed by atoms with Crippen molar-refractivity contribution in [3.8, 4) is 0 Å². The highest BCUT2D eigenvalue weighted by atomic mass is 32.2. The Morgan fingerprint density at radius 3 is 2.38 bits per heavy atom. The number of benzene rings is 1. The van der Waals surface area contributed by atoms with Gasteiger partial charge in [0.25, 0.3) is 0 Å². The van der Waals surface area contributed by atoms with Crippen molar-refractivity contribution in [1.82, 2.24) is 15.1 Å². The molecule has 1 spiro atoms. The van der Waals surface area contributed by atoms with Gasteiger partial charge in [-0.2, -0.15) is 0 Å². The topological polar surface area (TPSA) is 52.7 Å². The highest BCUT2D eigenvalue weighted by Crippen LogP contribution is 2.57. The van der Waals surface area contributed by atoms with Crippen LogP contribution in [0.5, 0.6) is 0 Å². The number of nitrogens with zero attached hydrogens (tertiary/aromatic N) is 2. The molecule has 2 saturated heterocycles. The van der Waals surface area contributed by atoms with Crippen molar-refractivity contribution in [2.24, 2.45) is 0 Å². The Labute approximate surface area is 218 Å². The largest absolute Gasteiger partial charge is 0.358 e. The molecule has 1 aromatic carbocycles. The van der Waals surface area contributed by atoms with Crippen LogP contribution in [0.4, 0.5) is 0 Å². The summed E-state index contributed by atoms with van der Waals surface area (Å²) in [5, 5.41) is 3.16. The summed E-state index contributed by atoms with van der Waals surface area (Å²) < 4.78 is 0.603. The van der Waals surface area contributed by atoms with Gasteiger partial charge < -0.3 is 15.1 Å². The molecule has 3 aliphatic rings. The summed E-state index contributed by atoms with van der Waals surface area (Å²) in [7, 11) is 0. The van der Waals surface area contributed by atoms with Gasteiger partial charge in [0.2, 0.25) is 11.8 Å². The second-order valence-corrected chi connectivity index (χ2v) is 13.8. The SMILES string of the molecule is CC1(C)SC2(CCCCC2)C(C(=O)NCc2ccccc2)N1C(=O)CSC(=S)N1CCCCC1. The molecule has 0 aromatic heterocycles. The first-order valence-electron chi connectivity index (χ1n) is 12.6. The van der Waals surface area contributed by atoms with E-state index in [4.69, 9.17) is 12.2 Å². The van der Waals surface area contributed by atoms with E-state index in [1.54, 1.807) is 0 Å². The number of piperidine rings is 1. The van der Waals surface area contributed by atoms with Crippen molar-refractivity contribution in [2.45, 2.75) is 87.4 Å². The van der Waals surface area contributed by atoms with Crippen molar-refractivity contribution in [3.63, 3.8) is 0 Å². The van der Waals surface area contributed by atoms with Crippen LogP contribution in [-0.4, -0.2) is 60.4 Å². The Morgan fingerprint density at radius 2 is 1.71 bits per heavy atom. The molecule has 1 saturated carbocycles. The molecule has 1 aromatic rings. The van der Waals surface area contributed by atoms with Crippen LogP contribution in [0.25, 0.3) is 0 Å². The van der Waals surface area contributed by atoms with Gasteiger partial charge in [-0.25, -0.2) is 0 Å². The number of carbonyl (C=O) groups excluding carboxylic acids is 2. The number of thiocarbonyl (C=S) groups is 1. The predicted molar refractivity (Wildman–Crippen MR) is 147 cm³/mol. The van der Waals surface area contributed by atoms with Gasteiger partial charge in [-0.3, -0.25) is 9.59 Å². The van der Waals surface area contributed by atoms with Gasteiger partial charge in [-0.1, -0.05) is 73.6 Å². The van der Waals surface area contributed by atoms with Crippen molar-refractivity contribution in [1.29, 1.82) is 0 Å². The van der Waals surface area contributed by atoms with E-state index in [0.29, 0.717) is 6.54 Å². The standard InChI is InChI=1S/C26H37N3O2S3/c1-25(2)29(21(30)19-33-24(32)28-16-10-5-11-17-28)22(26(34-25)14-8-4-9-15-26)23(31)27-18-20-12-6-3-7-13-20/h3,6-7,12-13,22H,4-5,8-11,14-19H2,1-2H3,(H,27,31). The maximum absolute atomic E-state index is 13.7. The van der Waals surface area contributed by atoms with Gasteiger partial charge in [-0.15, -0.1) is 11.8 Å². The Morgan fingerprint density at radius 1 is 1.06 bits per heavy atom. The van der Waals surface area contributed by atoms with Crippen molar-refractivity contribution in [3.05, 3.63) is 35.9 Å². The number of amides is 2. The van der Waals surface area contributed by atoms with Crippen LogP contribution in [-0.2, 0) is 16.1 Å². The van der Waals surface area contributed by atoms with Crippen LogP contribution >= 0.6 is 35.7 Å². The van der Waals surface area contributed by atoms with Crippen LogP contribution < -0.4 is 5.32 Å². The summed E-state index contributed by atoms with van der Waals surface area (Å²) in [5.41, 5.74) is 1.07. The Hall–Kier alpha value is -1.25. The van der Waals surface area contributed by atoms with E-state index < -0.39 is 10.9 Å². The molecule has 2 heterocycles. The molecule has 3 fully saturated rings. The average molecular weight is 520 g/mol. The predicted octanol–water partition coefficient (Wildman–Crippen LogP) is 5.19. The van der Waals surface area contributed by atoms with E-state index in [1.807, 2.05) is 47.0 Å². The van der Waals surface area contributed by atoms with Gasteiger partial charge in [0.1, 0.15) is 10.4 Å². The van der Waals surface area contributed by atoms with Crippen molar-refractivity contribution >= 4 is 51.9 Å². The third kappa shape index (κ3) is 5.76. The Bertz CT molecular complexity index is 881. The van der Waals surface area contributed by atoms with E-state index in [2.05, 4.69) is 24.1 Å². The zero-order valence-corrected chi connectivity index (χ0v) is 22.8. The van der Waals surface area contributed by atoms with E-state index >= 15 is 0 Å². The molecular formula is C26H37N3O2S3. The summed E-state index contributed by atoms with van der Waals surface area (Å²) in [6, 6.07) is 9.53. The van der Waals surface area contributed by atoms with Crippen molar-refractivity contribution in [2.75, 3.05) is 18.8 Å². The van der Waals surface area contributed by atoms with Gasteiger partial charge in [-0.05, 0) is 51.5 Å². The Balaban J connectivity index is 1.50. The monoisotopic (exact) mass is 519 g/mol. The minimum atomic E-state index is -0.451. The van der Waals surface area contributed by atoms with Crippen LogP contribution in [0.2, 0.25) is 0 Å². The molecule has 1 atom stereocenters.